The predicted molar refractivity (Wildman–Crippen MR) is 43.3 cm³/mol. The van der Waals surface area contributed by atoms with Crippen LogP contribution in [0.4, 0.5) is 0 Å². The molecule has 68 valence electrons. The van der Waals surface area contributed by atoms with Gasteiger partial charge in [-0.2, -0.15) is 0 Å². The van der Waals surface area contributed by atoms with E-state index in [4.69, 9.17) is 0 Å². The number of hydrogen-bond acceptors (Lipinski definition) is 3. The molecule has 3 nitrogen and oxygen atoms in total. The van der Waals surface area contributed by atoms with Gasteiger partial charge in [0.25, 0.3) is 0 Å². The van der Waals surface area contributed by atoms with Crippen LogP contribution in [0.25, 0.3) is 0 Å². The molecule has 1 heterocycles. The van der Waals surface area contributed by atoms with Crippen LogP contribution in [0.15, 0.2) is 0 Å². The maximum absolute atomic E-state index is 11.1. The minimum atomic E-state index is -0.332. The van der Waals surface area contributed by atoms with Crippen molar-refractivity contribution in [3.63, 3.8) is 0 Å². The van der Waals surface area contributed by atoms with Gasteiger partial charge in [-0.1, -0.05) is 20.3 Å². The van der Waals surface area contributed by atoms with E-state index in [-0.39, 0.29) is 23.8 Å². The lowest BCUT2D eigenvalue weighted by Gasteiger charge is -2.08. The van der Waals surface area contributed by atoms with E-state index >= 15 is 0 Å². The van der Waals surface area contributed by atoms with E-state index in [0.717, 1.165) is 12.8 Å². The number of hydrogen-bond donors (Lipinski definition) is 0. The Morgan fingerprint density at radius 1 is 1.17 bits per heavy atom. The molecule has 1 aliphatic heterocycles. The lowest BCUT2D eigenvalue weighted by atomic mass is 9.89. The summed E-state index contributed by atoms with van der Waals surface area (Å²) in [5.74, 6) is -1.01. The van der Waals surface area contributed by atoms with Gasteiger partial charge in [0.1, 0.15) is 0 Å². The highest BCUT2D eigenvalue weighted by atomic mass is 16.6. The zero-order chi connectivity index (χ0) is 9.14. The molecule has 0 aromatic carbocycles. The first-order chi connectivity index (χ1) is 5.70. The molecule has 1 fully saturated rings. The van der Waals surface area contributed by atoms with Gasteiger partial charge in [0.2, 0.25) is 0 Å². The summed E-state index contributed by atoms with van der Waals surface area (Å²) in [6.07, 6.45) is 2.39. The Morgan fingerprint density at radius 2 is 1.75 bits per heavy atom. The van der Waals surface area contributed by atoms with Crippen LogP contribution in [-0.4, -0.2) is 11.9 Å². The summed E-state index contributed by atoms with van der Waals surface area (Å²) in [6, 6.07) is 0. The van der Waals surface area contributed by atoms with E-state index in [1.165, 1.54) is 0 Å². The molecule has 2 atom stereocenters. The number of carbonyl (C=O) groups is 2. The third kappa shape index (κ3) is 1.49. The van der Waals surface area contributed by atoms with Gasteiger partial charge in [-0.15, -0.1) is 0 Å². The second kappa shape index (κ2) is 3.70. The summed E-state index contributed by atoms with van der Waals surface area (Å²) in [4.78, 5) is 22.2. The maximum Gasteiger partial charge on any atom is 0.317 e. The Balaban J connectivity index is 2.68. The van der Waals surface area contributed by atoms with Crippen molar-refractivity contribution >= 4 is 11.9 Å². The monoisotopic (exact) mass is 170 g/mol. The predicted octanol–water partition coefficient (Wildman–Crippen LogP) is 1.51. The highest BCUT2D eigenvalue weighted by Gasteiger charge is 2.41. The second-order valence-corrected chi connectivity index (χ2v) is 3.15. The average Bonchev–Trinajstić information content (AvgIpc) is 2.28. The van der Waals surface area contributed by atoms with Gasteiger partial charge in [0.15, 0.2) is 0 Å². The van der Waals surface area contributed by atoms with Crippen molar-refractivity contribution in [2.24, 2.45) is 11.8 Å². The molecule has 1 rings (SSSR count). The standard InChI is InChI=1S/C9H14O3/c1-3-5-7-6(4-2)8(10)12-9(7)11/h6-7H,3-5H2,1-2H3. The van der Waals surface area contributed by atoms with Gasteiger partial charge in [-0.25, -0.2) is 0 Å². The smallest absolute Gasteiger partial charge is 0.317 e. The van der Waals surface area contributed by atoms with Crippen molar-refractivity contribution < 1.29 is 14.3 Å². The zero-order valence-electron chi connectivity index (χ0n) is 7.50. The van der Waals surface area contributed by atoms with E-state index in [2.05, 4.69) is 4.74 Å². The molecule has 0 amide bonds. The zero-order valence-corrected chi connectivity index (χ0v) is 7.50. The Hall–Kier alpha value is -0.860. The minimum absolute atomic E-state index is 0.174. The molecule has 0 radical (unpaired) electrons. The van der Waals surface area contributed by atoms with Crippen LogP contribution < -0.4 is 0 Å². The fourth-order valence-corrected chi connectivity index (χ4v) is 1.66. The van der Waals surface area contributed by atoms with Gasteiger partial charge >= 0.3 is 11.9 Å². The lowest BCUT2D eigenvalue weighted by Crippen LogP contribution is -2.16. The molecule has 0 aromatic rings. The summed E-state index contributed by atoms with van der Waals surface area (Å²) in [5, 5.41) is 0. The molecule has 1 saturated heterocycles. The van der Waals surface area contributed by atoms with Gasteiger partial charge in [0, 0.05) is 0 Å². The number of carbonyl (C=O) groups excluding carboxylic acids is 2. The highest BCUT2D eigenvalue weighted by Crippen LogP contribution is 2.29. The van der Waals surface area contributed by atoms with Gasteiger partial charge in [-0.3, -0.25) is 9.59 Å². The topological polar surface area (TPSA) is 43.4 Å². The third-order valence-electron chi connectivity index (χ3n) is 2.33. The fraction of sp³-hybridized carbons (Fsp3) is 0.778. The van der Waals surface area contributed by atoms with Gasteiger partial charge < -0.3 is 4.74 Å². The van der Waals surface area contributed by atoms with Crippen molar-refractivity contribution in [1.82, 2.24) is 0 Å². The van der Waals surface area contributed by atoms with Crippen LogP contribution in [0.5, 0.6) is 0 Å². The van der Waals surface area contributed by atoms with Crippen molar-refractivity contribution in [3.8, 4) is 0 Å². The van der Waals surface area contributed by atoms with E-state index < -0.39 is 0 Å². The van der Waals surface area contributed by atoms with E-state index in [0.29, 0.717) is 6.42 Å². The largest absolute Gasteiger partial charge is 0.393 e. The molecule has 1 aliphatic rings. The van der Waals surface area contributed by atoms with Crippen molar-refractivity contribution in [2.45, 2.75) is 33.1 Å². The third-order valence-corrected chi connectivity index (χ3v) is 2.33. The second-order valence-electron chi connectivity index (χ2n) is 3.15. The quantitative estimate of drug-likeness (QED) is 0.476. The summed E-state index contributed by atoms with van der Waals surface area (Å²) >= 11 is 0. The number of rotatable bonds is 3. The first-order valence-electron chi connectivity index (χ1n) is 4.46. The Morgan fingerprint density at radius 3 is 2.25 bits per heavy atom. The fourth-order valence-electron chi connectivity index (χ4n) is 1.66. The number of ether oxygens (including phenoxy) is 1. The first-order valence-corrected chi connectivity index (χ1v) is 4.46. The molecule has 3 heteroatoms. The molecule has 0 saturated carbocycles. The number of esters is 2. The maximum atomic E-state index is 11.1. The summed E-state index contributed by atoms with van der Waals surface area (Å²) < 4.78 is 4.55. The van der Waals surface area contributed by atoms with E-state index in [1.807, 2.05) is 13.8 Å². The molecule has 12 heavy (non-hydrogen) atoms. The molecule has 2 unspecified atom stereocenters. The van der Waals surface area contributed by atoms with Crippen molar-refractivity contribution in [1.29, 1.82) is 0 Å². The van der Waals surface area contributed by atoms with Crippen LogP contribution >= 0.6 is 0 Å². The first kappa shape index (κ1) is 9.23. The molecule has 0 aliphatic carbocycles. The lowest BCUT2D eigenvalue weighted by molar-refractivity contribution is -0.153. The SMILES string of the molecule is CCCC1C(=O)OC(=O)C1CC. The molecule has 0 N–H and O–H groups in total. The van der Waals surface area contributed by atoms with Crippen LogP contribution in [0, 0.1) is 11.8 Å². The Bertz CT molecular complexity index is 198. The molecule has 0 aromatic heterocycles. The molecule has 0 bridgehead atoms. The Kier molecular flexibility index (Phi) is 2.84. The minimum Gasteiger partial charge on any atom is -0.393 e. The van der Waals surface area contributed by atoms with Crippen molar-refractivity contribution in [2.75, 3.05) is 0 Å². The van der Waals surface area contributed by atoms with Crippen LogP contribution in [0.3, 0.4) is 0 Å². The van der Waals surface area contributed by atoms with Gasteiger partial charge in [0.05, 0.1) is 11.8 Å². The molecule has 0 spiro atoms. The van der Waals surface area contributed by atoms with Crippen LogP contribution in [-0.2, 0) is 14.3 Å². The van der Waals surface area contributed by atoms with E-state index in [9.17, 15) is 9.59 Å². The molecular weight excluding hydrogens is 156 g/mol. The highest BCUT2D eigenvalue weighted by molar-refractivity contribution is 5.96. The molecular formula is C9H14O3. The Labute approximate surface area is 72.1 Å². The van der Waals surface area contributed by atoms with Crippen LogP contribution in [0.2, 0.25) is 0 Å². The summed E-state index contributed by atoms with van der Waals surface area (Å²) in [5.41, 5.74) is 0. The number of cyclic esters (lactones) is 2. The van der Waals surface area contributed by atoms with Crippen LogP contribution in [0.1, 0.15) is 33.1 Å². The van der Waals surface area contributed by atoms with Crippen molar-refractivity contribution in [3.05, 3.63) is 0 Å². The summed E-state index contributed by atoms with van der Waals surface area (Å²) in [7, 11) is 0. The van der Waals surface area contributed by atoms with E-state index in [1.54, 1.807) is 0 Å². The normalized spacial score (nSPS) is 29.2. The average molecular weight is 170 g/mol. The summed E-state index contributed by atoms with van der Waals surface area (Å²) in [6.45, 7) is 3.91. The van der Waals surface area contributed by atoms with Gasteiger partial charge in [-0.05, 0) is 12.8 Å².